The van der Waals surface area contributed by atoms with Gasteiger partial charge in [0.2, 0.25) is 0 Å². The van der Waals surface area contributed by atoms with Gasteiger partial charge in [-0.1, -0.05) is 17.7 Å². The number of ether oxygens (including phenoxy) is 1. The molecule has 5 nitrogen and oxygen atoms in total. The van der Waals surface area contributed by atoms with Crippen LogP contribution in [-0.4, -0.2) is 49.1 Å². The minimum Gasteiger partial charge on any atom is -0.462 e. The van der Waals surface area contributed by atoms with Crippen molar-refractivity contribution in [2.45, 2.75) is 26.4 Å². The lowest BCUT2D eigenvalue weighted by Gasteiger charge is -2.27. The lowest BCUT2D eigenvalue weighted by molar-refractivity contribution is -0.138. The fourth-order valence-corrected chi connectivity index (χ4v) is 2.03. The molecular weight excluding hydrogens is 323 g/mol. The number of nitrogens with zero attached hydrogens (tertiary/aromatic N) is 1. The molecule has 0 unspecified atom stereocenters. The summed E-state index contributed by atoms with van der Waals surface area (Å²) in [7, 11) is 0. The number of rotatable bonds is 2. The molecule has 1 aliphatic heterocycles. The number of carbonyl (C=O) groups is 2. The lowest BCUT2D eigenvalue weighted by Crippen LogP contribution is -2.46. The zero-order valence-electron chi connectivity index (χ0n) is 13.6. The van der Waals surface area contributed by atoms with Crippen molar-refractivity contribution in [3.05, 3.63) is 34.6 Å². The molecule has 0 aliphatic carbocycles. The smallest absolute Gasteiger partial charge is 0.293 e. The Morgan fingerprint density at radius 2 is 1.96 bits per heavy atom. The number of nitrogens with one attached hydrogen (secondary N) is 1. The maximum absolute atomic E-state index is 13.6. The zero-order valence-corrected chi connectivity index (χ0v) is 14.3. The summed E-state index contributed by atoms with van der Waals surface area (Å²) in [5.74, 6) is -0.922. The number of hydrogen-bond acceptors (Lipinski definition) is 4. The monoisotopic (exact) mass is 344 g/mol. The summed E-state index contributed by atoms with van der Waals surface area (Å²) in [6.07, 6.45) is 0. The Balaban J connectivity index is 0.000000322. The van der Waals surface area contributed by atoms with E-state index in [9.17, 15) is 14.0 Å². The molecule has 23 heavy (non-hydrogen) atoms. The second-order valence-corrected chi connectivity index (χ2v) is 6.38. The van der Waals surface area contributed by atoms with E-state index < -0.39 is 5.82 Å². The van der Waals surface area contributed by atoms with E-state index in [0.717, 1.165) is 13.1 Å². The summed E-state index contributed by atoms with van der Waals surface area (Å²) < 4.78 is 18.2. The Labute approximate surface area is 140 Å². The Morgan fingerprint density at radius 3 is 2.43 bits per heavy atom. The highest BCUT2D eigenvalue weighted by atomic mass is 35.5. The van der Waals surface area contributed by atoms with Crippen LogP contribution in [0.1, 0.15) is 31.1 Å². The highest BCUT2D eigenvalue weighted by Crippen LogP contribution is 2.19. The number of benzene rings is 1. The summed E-state index contributed by atoms with van der Waals surface area (Å²) in [5.41, 5.74) is -0.267. The van der Waals surface area contributed by atoms with E-state index in [-0.39, 0.29) is 22.1 Å². The van der Waals surface area contributed by atoms with Gasteiger partial charge in [0.1, 0.15) is 5.60 Å². The molecule has 1 N–H and O–H groups in total. The Hall–Kier alpha value is -1.66. The number of hydrogen-bond donors (Lipinski definition) is 1. The molecule has 1 fully saturated rings. The van der Waals surface area contributed by atoms with Crippen LogP contribution in [-0.2, 0) is 9.53 Å². The SMILES string of the molecule is CC(C)(C)OC=O.O=C(c1cccc(Cl)c1F)N1CCNCC1. The molecule has 128 valence electrons. The quantitative estimate of drug-likeness (QED) is 0.837. The number of piperazine rings is 1. The van der Waals surface area contributed by atoms with E-state index in [1.54, 1.807) is 11.0 Å². The third kappa shape index (κ3) is 6.54. The first kappa shape index (κ1) is 19.4. The maximum atomic E-state index is 13.6. The normalized spacial score (nSPS) is 14.6. The highest BCUT2D eigenvalue weighted by molar-refractivity contribution is 6.31. The lowest BCUT2D eigenvalue weighted by atomic mass is 10.1. The average molecular weight is 345 g/mol. The minimum absolute atomic E-state index is 0.0130. The van der Waals surface area contributed by atoms with Crippen molar-refractivity contribution < 1.29 is 18.7 Å². The van der Waals surface area contributed by atoms with Gasteiger partial charge in [-0.2, -0.15) is 0 Å². The van der Waals surface area contributed by atoms with E-state index in [1.165, 1.54) is 12.1 Å². The van der Waals surface area contributed by atoms with E-state index in [1.807, 2.05) is 20.8 Å². The maximum Gasteiger partial charge on any atom is 0.293 e. The summed E-state index contributed by atoms with van der Waals surface area (Å²) >= 11 is 5.64. The predicted molar refractivity (Wildman–Crippen MR) is 87.1 cm³/mol. The fraction of sp³-hybridized carbons (Fsp3) is 0.500. The molecular formula is C16H22ClFN2O3. The molecule has 1 aliphatic rings. The molecule has 7 heteroatoms. The molecule has 0 bridgehead atoms. The van der Waals surface area contributed by atoms with Gasteiger partial charge in [0.15, 0.2) is 5.82 Å². The molecule has 0 saturated carbocycles. The van der Waals surface area contributed by atoms with E-state index in [0.29, 0.717) is 19.6 Å². The van der Waals surface area contributed by atoms with Crippen LogP contribution in [0.25, 0.3) is 0 Å². The van der Waals surface area contributed by atoms with Gasteiger partial charge in [-0.25, -0.2) is 4.39 Å². The van der Waals surface area contributed by atoms with Crippen molar-refractivity contribution in [3.63, 3.8) is 0 Å². The molecule has 0 aromatic heterocycles. The topological polar surface area (TPSA) is 58.6 Å². The molecule has 1 aromatic rings. The van der Waals surface area contributed by atoms with Gasteiger partial charge < -0.3 is 15.0 Å². The molecule has 1 aromatic carbocycles. The van der Waals surface area contributed by atoms with Crippen LogP contribution in [0.15, 0.2) is 18.2 Å². The van der Waals surface area contributed by atoms with Crippen LogP contribution in [0.3, 0.4) is 0 Å². The van der Waals surface area contributed by atoms with Gasteiger partial charge in [0.05, 0.1) is 10.6 Å². The number of carbonyl (C=O) groups excluding carboxylic acids is 2. The van der Waals surface area contributed by atoms with Gasteiger partial charge in [-0.15, -0.1) is 0 Å². The van der Waals surface area contributed by atoms with Crippen LogP contribution >= 0.6 is 11.6 Å². The van der Waals surface area contributed by atoms with Crippen LogP contribution < -0.4 is 5.32 Å². The average Bonchev–Trinajstić information content (AvgIpc) is 2.50. The van der Waals surface area contributed by atoms with E-state index in [2.05, 4.69) is 10.1 Å². The molecule has 0 atom stereocenters. The first-order valence-corrected chi connectivity index (χ1v) is 7.69. The predicted octanol–water partition coefficient (Wildman–Crippen LogP) is 2.48. The molecule has 0 spiro atoms. The van der Waals surface area contributed by atoms with Crippen molar-refractivity contribution >= 4 is 24.0 Å². The summed E-state index contributed by atoms with van der Waals surface area (Å²) in [6, 6.07) is 4.48. The summed E-state index contributed by atoms with van der Waals surface area (Å²) in [5, 5.41) is 3.12. The van der Waals surface area contributed by atoms with Crippen molar-refractivity contribution in [1.29, 1.82) is 0 Å². The van der Waals surface area contributed by atoms with Crippen molar-refractivity contribution in [1.82, 2.24) is 10.2 Å². The highest BCUT2D eigenvalue weighted by Gasteiger charge is 2.21. The van der Waals surface area contributed by atoms with Gasteiger partial charge in [-0.05, 0) is 32.9 Å². The Kier molecular flexibility index (Phi) is 7.45. The molecule has 1 amide bonds. The Morgan fingerprint density at radius 1 is 1.35 bits per heavy atom. The van der Waals surface area contributed by atoms with E-state index in [4.69, 9.17) is 11.6 Å². The minimum atomic E-state index is -0.632. The molecule has 1 saturated heterocycles. The van der Waals surface area contributed by atoms with Crippen LogP contribution in [0.4, 0.5) is 4.39 Å². The van der Waals surface area contributed by atoms with Crippen LogP contribution in [0, 0.1) is 5.82 Å². The van der Waals surface area contributed by atoms with Gasteiger partial charge in [0.25, 0.3) is 12.4 Å². The zero-order chi connectivity index (χ0) is 17.5. The fourth-order valence-electron chi connectivity index (χ4n) is 1.85. The number of halogens is 2. The third-order valence-electron chi connectivity index (χ3n) is 2.99. The second-order valence-electron chi connectivity index (χ2n) is 5.97. The number of amides is 1. The first-order chi connectivity index (χ1) is 10.8. The second kappa shape index (κ2) is 8.84. The van der Waals surface area contributed by atoms with Crippen molar-refractivity contribution in [2.75, 3.05) is 26.2 Å². The van der Waals surface area contributed by atoms with Gasteiger partial charge in [-0.3, -0.25) is 9.59 Å². The summed E-state index contributed by atoms with van der Waals surface area (Å²) in [6.45, 7) is 8.61. The first-order valence-electron chi connectivity index (χ1n) is 7.31. The largest absolute Gasteiger partial charge is 0.462 e. The molecule has 2 rings (SSSR count). The van der Waals surface area contributed by atoms with Gasteiger partial charge >= 0.3 is 0 Å². The van der Waals surface area contributed by atoms with Crippen molar-refractivity contribution in [3.8, 4) is 0 Å². The third-order valence-corrected chi connectivity index (χ3v) is 3.28. The molecule has 1 heterocycles. The standard InChI is InChI=1S/C11H12ClFN2O.C5H10O2/c12-9-3-1-2-8(10(9)13)11(16)15-6-4-14-5-7-15;1-5(2,3)7-4-6/h1-3,14H,4-7H2;4H,1-3H3. The Bertz CT molecular complexity index is 541. The van der Waals surface area contributed by atoms with Crippen LogP contribution in [0.5, 0.6) is 0 Å². The van der Waals surface area contributed by atoms with Crippen molar-refractivity contribution in [2.24, 2.45) is 0 Å². The molecule has 0 radical (unpaired) electrons. The summed E-state index contributed by atoms with van der Waals surface area (Å²) in [4.78, 5) is 23.2. The van der Waals surface area contributed by atoms with E-state index >= 15 is 0 Å². The van der Waals surface area contributed by atoms with Crippen LogP contribution in [0.2, 0.25) is 5.02 Å². The van der Waals surface area contributed by atoms with Gasteiger partial charge in [0, 0.05) is 26.2 Å².